The first kappa shape index (κ1) is 15.0. The Labute approximate surface area is 132 Å². The molecule has 0 atom stereocenters. The fourth-order valence-electron chi connectivity index (χ4n) is 3.61. The largest absolute Gasteiger partial charge is 0.481 e. The maximum atomic E-state index is 12.3. The van der Waals surface area contributed by atoms with Crippen LogP contribution in [0.1, 0.15) is 54.5 Å². The second-order valence-corrected chi connectivity index (χ2v) is 7.30. The number of thiophene rings is 1. The number of carbonyl (C=O) groups is 2. The van der Waals surface area contributed by atoms with Gasteiger partial charge in [-0.15, -0.1) is 11.3 Å². The van der Waals surface area contributed by atoms with Crippen molar-refractivity contribution in [2.24, 2.45) is 5.41 Å². The Hall–Kier alpha value is -1.87. The summed E-state index contributed by atoms with van der Waals surface area (Å²) in [4.78, 5) is 25.0. The molecule has 3 rings (SSSR count). The van der Waals surface area contributed by atoms with E-state index in [-0.39, 0.29) is 12.3 Å². The van der Waals surface area contributed by atoms with E-state index >= 15 is 0 Å². The van der Waals surface area contributed by atoms with Crippen molar-refractivity contribution in [2.45, 2.75) is 51.4 Å². The van der Waals surface area contributed by atoms with Gasteiger partial charge in [0.2, 0.25) is 5.91 Å². The smallest absolute Gasteiger partial charge is 0.310 e. The number of carboxylic acid groups (broad SMARTS) is 1. The van der Waals surface area contributed by atoms with Crippen LogP contribution < -0.4 is 5.32 Å². The maximum absolute atomic E-state index is 12.3. The Morgan fingerprint density at radius 3 is 2.64 bits per heavy atom. The SMILES string of the molecule is N#Cc1c(NC(=O)CC2(C(=O)O)CCCC2)sc2c1CCC2. The van der Waals surface area contributed by atoms with Crippen molar-refractivity contribution in [3.05, 3.63) is 16.0 Å². The molecule has 0 radical (unpaired) electrons. The lowest BCUT2D eigenvalue weighted by Gasteiger charge is -2.22. The normalized spacial score (nSPS) is 18.7. The molecule has 2 aliphatic carbocycles. The molecule has 0 bridgehead atoms. The summed E-state index contributed by atoms with van der Waals surface area (Å²) in [5, 5.41) is 22.1. The van der Waals surface area contributed by atoms with Crippen LogP contribution in [-0.2, 0) is 22.4 Å². The molecule has 6 heteroatoms. The minimum Gasteiger partial charge on any atom is -0.481 e. The van der Waals surface area contributed by atoms with Gasteiger partial charge < -0.3 is 10.4 Å². The standard InChI is InChI=1S/C16H18N2O3S/c17-9-11-10-4-3-5-12(10)22-14(11)18-13(19)8-16(15(20)21)6-1-2-7-16/h1-8H2,(H,18,19)(H,20,21). The van der Waals surface area contributed by atoms with Crippen LogP contribution in [0.25, 0.3) is 0 Å². The zero-order valence-corrected chi connectivity index (χ0v) is 13.1. The third kappa shape index (κ3) is 2.50. The van der Waals surface area contributed by atoms with E-state index in [0.717, 1.165) is 37.7 Å². The van der Waals surface area contributed by atoms with Gasteiger partial charge in [-0.05, 0) is 37.7 Å². The number of carbonyl (C=O) groups excluding carboxylic acids is 1. The average Bonchev–Trinajstić information content (AvgIpc) is 3.14. The zero-order chi connectivity index (χ0) is 15.7. The maximum Gasteiger partial charge on any atom is 0.310 e. The first-order valence-electron chi connectivity index (χ1n) is 7.64. The van der Waals surface area contributed by atoms with Gasteiger partial charge in [0.25, 0.3) is 0 Å². The molecule has 0 aliphatic heterocycles. The Morgan fingerprint density at radius 2 is 2.00 bits per heavy atom. The van der Waals surface area contributed by atoms with Crippen LogP contribution in [0.4, 0.5) is 5.00 Å². The van der Waals surface area contributed by atoms with Gasteiger partial charge in [-0.25, -0.2) is 0 Å². The molecule has 2 N–H and O–H groups in total. The number of aliphatic carboxylic acids is 1. The van der Waals surface area contributed by atoms with Crippen molar-refractivity contribution in [2.75, 3.05) is 5.32 Å². The van der Waals surface area contributed by atoms with Gasteiger partial charge in [0.05, 0.1) is 11.0 Å². The molecule has 22 heavy (non-hydrogen) atoms. The average molecular weight is 318 g/mol. The number of rotatable bonds is 4. The minimum absolute atomic E-state index is 0.00420. The number of hydrogen-bond acceptors (Lipinski definition) is 4. The summed E-state index contributed by atoms with van der Waals surface area (Å²) in [7, 11) is 0. The van der Waals surface area contributed by atoms with Crippen LogP contribution in [0.2, 0.25) is 0 Å². The molecule has 116 valence electrons. The van der Waals surface area contributed by atoms with Crippen LogP contribution in [0.5, 0.6) is 0 Å². The summed E-state index contributed by atoms with van der Waals surface area (Å²) in [6, 6.07) is 2.19. The number of anilines is 1. The Bertz CT molecular complexity index is 666. The number of nitriles is 1. The number of fused-ring (bicyclic) bond motifs is 1. The lowest BCUT2D eigenvalue weighted by Crippen LogP contribution is -2.32. The van der Waals surface area contributed by atoms with Crippen LogP contribution in [0.15, 0.2) is 0 Å². The van der Waals surface area contributed by atoms with E-state index in [2.05, 4.69) is 11.4 Å². The molecule has 0 spiro atoms. The highest BCUT2D eigenvalue weighted by molar-refractivity contribution is 7.16. The summed E-state index contributed by atoms with van der Waals surface area (Å²) in [5.41, 5.74) is 0.718. The molecule has 1 saturated carbocycles. The van der Waals surface area contributed by atoms with Gasteiger partial charge >= 0.3 is 5.97 Å². The quantitative estimate of drug-likeness (QED) is 0.892. The van der Waals surface area contributed by atoms with E-state index in [1.54, 1.807) is 0 Å². The number of amides is 1. The van der Waals surface area contributed by atoms with Crippen molar-refractivity contribution < 1.29 is 14.7 Å². The zero-order valence-electron chi connectivity index (χ0n) is 12.3. The van der Waals surface area contributed by atoms with Crippen LogP contribution >= 0.6 is 11.3 Å². The molecule has 5 nitrogen and oxygen atoms in total. The van der Waals surface area contributed by atoms with Crippen molar-refractivity contribution in [1.82, 2.24) is 0 Å². The Morgan fingerprint density at radius 1 is 1.27 bits per heavy atom. The van der Waals surface area contributed by atoms with Crippen molar-refractivity contribution >= 4 is 28.2 Å². The molecule has 1 aromatic rings. The van der Waals surface area contributed by atoms with Gasteiger partial charge in [0.1, 0.15) is 11.1 Å². The third-order valence-electron chi connectivity index (χ3n) is 4.80. The molecule has 1 heterocycles. The summed E-state index contributed by atoms with van der Waals surface area (Å²) in [5.74, 6) is -1.17. The van der Waals surface area contributed by atoms with E-state index < -0.39 is 11.4 Å². The van der Waals surface area contributed by atoms with Gasteiger partial charge in [0.15, 0.2) is 0 Å². The van der Waals surface area contributed by atoms with Gasteiger partial charge in [-0.3, -0.25) is 9.59 Å². The first-order valence-corrected chi connectivity index (χ1v) is 8.45. The summed E-state index contributed by atoms with van der Waals surface area (Å²) >= 11 is 1.46. The predicted octanol–water partition coefficient (Wildman–Crippen LogP) is 3.08. The Balaban J connectivity index is 1.75. The fourth-order valence-corrected chi connectivity index (χ4v) is 4.86. The highest BCUT2D eigenvalue weighted by atomic mass is 32.1. The molecule has 0 unspecified atom stereocenters. The molecule has 0 saturated heterocycles. The third-order valence-corrected chi connectivity index (χ3v) is 6.01. The van der Waals surface area contributed by atoms with Crippen molar-refractivity contribution in [3.8, 4) is 6.07 Å². The highest BCUT2D eigenvalue weighted by Gasteiger charge is 2.43. The van der Waals surface area contributed by atoms with Crippen LogP contribution in [0.3, 0.4) is 0 Å². The van der Waals surface area contributed by atoms with Crippen molar-refractivity contribution in [3.63, 3.8) is 0 Å². The number of aryl methyl sites for hydroxylation is 1. The molecule has 2 aliphatic rings. The minimum atomic E-state index is -0.920. The van der Waals surface area contributed by atoms with Gasteiger partial charge in [-0.2, -0.15) is 5.26 Å². The van der Waals surface area contributed by atoms with Gasteiger partial charge in [-0.1, -0.05) is 12.8 Å². The predicted molar refractivity (Wildman–Crippen MR) is 82.8 cm³/mol. The van der Waals surface area contributed by atoms with E-state index in [1.807, 2.05) is 0 Å². The van der Waals surface area contributed by atoms with Crippen molar-refractivity contribution in [1.29, 1.82) is 5.26 Å². The Kier molecular flexibility index (Phi) is 3.92. The second kappa shape index (κ2) is 5.73. The molecule has 0 aromatic carbocycles. The monoisotopic (exact) mass is 318 g/mol. The second-order valence-electron chi connectivity index (χ2n) is 6.19. The summed E-state index contributed by atoms with van der Waals surface area (Å²) in [6.07, 6.45) is 5.74. The van der Waals surface area contributed by atoms with Crippen LogP contribution in [0, 0.1) is 16.7 Å². The number of carboxylic acids is 1. The molecule has 1 amide bonds. The molecular weight excluding hydrogens is 300 g/mol. The lowest BCUT2D eigenvalue weighted by atomic mass is 9.82. The summed E-state index contributed by atoms with van der Waals surface area (Å²) < 4.78 is 0. The molecular formula is C16H18N2O3S. The fraction of sp³-hybridized carbons (Fsp3) is 0.562. The molecule has 1 aromatic heterocycles. The summed E-state index contributed by atoms with van der Waals surface area (Å²) in [6.45, 7) is 0. The first-order chi connectivity index (χ1) is 10.6. The highest BCUT2D eigenvalue weighted by Crippen LogP contribution is 2.43. The number of hydrogen-bond donors (Lipinski definition) is 2. The van der Waals surface area contributed by atoms with E-state index in [0.29, 0.717) is 23.4 Å². The van der Waals surface area contributed by atoms with E-state index in [1.165, 1.54) is 16.2 Å². The number of nitrogens with zero attached hydrogens (tertiary/aromatic N) is 1. The lowest BCUT2D eigenvalue weighted by molar-refractivity contribution is -0.150. The van der Waals surface area contributed by atoms with E-state index in [4.69, 9.17) is 0 Å². The topological polar surface area (TPSA) is 90.2 Å². The van der Waals surface area contributed by atoms with Crippen LogP contribution in [-0.4, -0.2) is 17.0 Å². The van der Waals surface area contributed by atoms with E-state index in [9.17, 15) is 20.0 Å². The molecule has 1 fully saturated rings. The number of nitrogens with one attached hydrogen (secondary N) is 1. The van der Waals surface area contributed by atoms with Gasteiger partial charge in [0, 0.05) is 11.3 Å².